The molecule has 0 bridgehead atoms. The van der Waals surface area contributed by atoms with Crippen molar-refractivity contribution in [1.82, 2.24) is 4.90 Å². The number of aliphatic hydroxyl groups excluding tert-OH is 1. The number of rotatable bonds is 3. The molecule has 0 aromatic heterocycles. The Morgan fingerprint density at radius 1 is 1.24 bits per heavy atom. The largest absolute Gasteiger partial charge is 0.480 e. The Bertz CT molecular complexity index is 312. The van der Waals surface area contributed by atoms with E-state index in [2.05, 4.69) is 0 Å². The average Bonchev–Trinajstić information content (AvgIpc) is 2.86. The van der Waals surface area contributed by atoms with Gasteiger partial charge in [-0.05, 0) is 18.8 Å². The molecular formula is C12H19NO4. The van der Waals surface area contributed by atoms with E-state index in [-0.39, 0.29) is 18.9 Å². The van der Waals surface area contributed by atoms with Gasteiger partial charge in [0, 0.05) is 19.4 Å². The predicted octanol–water partition coefficient (Wildman–Crippen LogP) is 0.613. The van der Waals surface area contributed by atoms with Crippen LogP contribution >= 0.6 is 0 Å². The zero-order valence-corrected chi connectivity index (χ0v) is 9.84. The number of carboxylic acid groups (broad SMARTS) is 1. The molecule has 1 heterocycles. The van der Waals surface area contributed by atoms with Crippen molar-refractivity contribution in [2.75, 3.05) is 6.54 Å². The van der Waals surface area contributed by atoms with E-state index in [1.807, 2.05) is 0 Å². The van der Waals surface area contributed by atoms with E-state index in [4.69, 9.17) is 5.11 Å². The second kappa shape index (κ2) is 5.04. The quantitative estimate of drug-likeness (QED) is 0.759. The number of aliphatic hydroxyl groups is 1. The number of carboxylic acids is 1. The molecule has 1 amide bonds. The fourth-order valence-corrected chi connectivity index (χ4v) is 2.90. The highest BCUT2D eigenvalue weighted by atomic mass is 16.4. The van der Waals surface area contributed by atoms with Gasteiger partial charge in [0.05, 0.1) is 6.10 Å². The lowest BCUT2D eigenvalue weighted by atomic mass is 10.0. The van der Waals surface area contributed by atoms with Crippen molar-refractivity contribution in [3.05, 3.63) is 0 Å². The van der Waals surface area contributed by atoms with Crippen LogP contribution in [-0.4, -0.2) is 45.7 Å². The molecule has 1 aliphatic carbocycles. The van der Waals surface area contributed by atoms with Crippen molar-refractivity contribution in [2.45, 2.75) is 50.7 Å². The van der Waals surface area contributed by atoms with Gasteiger partial charge in [-0.25, -0.2) is 4.79 Å². The second-order valence-corrected chi connectivity index (χ2v) is 5.14. The maximum Gasteiger partial charge on any atom is 0.326 e. The predicted molar refractivity (Wildman–Crippen MR) is 60.3 cm³/mol. The number of carbonyl (C=O) groups excluding carboxylic acids is 1. The van der Waals surface area contributed by atoms with E-state index in [1.165, 1.54) is 17.7 Å². The molecule has 2 aliphatic rings. The minimum absolute atomic E-state index is 0.110. The Labute approximate surface area is 100 Å². The van der Waals surface area contributed by atoms with Gasteiger partial charge in [0.1, 0.15) is 6.04 Å². The average molecular weight is 241 g/mol. The van der Waals surface area contributed by atoms with E-state index in [0.717, 1.165) is 12.8 Å². The molecule has 0 aromatic rings. The van der Waals surface area contributed by atoms with Gasteiger partial charge in [0.15, 0.2) is 0 Å². The van der Waals surface area contributed by atoms with Crippen LogP contribution < -0.4 is 0 Å². The highest BCUT2D eigenvalue weighted by Gasteiger charge is 2.39. The first-order valence-electron chi connectivity index (χ1n) is 6.28. The Hall–Kier alpha value is -1.10. The van der Waals surface area contributed by atoms with E-state index >= 15 is 0 Å². The highest BCUT2D eigenvalue weighted by molar-refractivity contribution is 5.84. The van der Waals surface area contributed by atoms with Crippen LogP contribution in [0.4, 0.5) is 0 Å². The zero-order valence-electron chi connectivity index (χ0n) is 9.84. The second-order valence-electron chi connectivity index (χ2n) is 5.14. The molecule has 1 aliphatic heterocycles. The molecule has 5 nitrogen and oxygen atoms in total. The van der Waals surface area contributed by atoms with Crippen molar-refractivity contribution >= 4 is 11.9 Å². The van der Waals surface area contributed by atoms with Gasteiger partial charge < -0.3 is 15.1 Å². The van der Waals surface area contributed by atoms with E-state index in [9.17, 15) is 14.7 Å². The summed E-state index contributed by atoms with van der Waals surface area (Å²) in [5.41, 5.74) is 0. The lowest BCUT2D eigenvalue weighted by Gasteiger charge is -2.22. The van der Waals surface area contributed by atoms with E-state index in [1.54, 1.807) is 0 Å². The fourth-order valence-electron chi connectivity index (χ4n) is 2.90. The third kappa shape index (κ3) is 2.77. The molecule has 2 N–H and O–H groups in total. The Kier molecular flexibility index (Phi) is 3.66. The summed E-state index contributed by atoms with van der Waals surface area (Å²) in [6, 6.07) is -0.834. The monoisotopic (exact) mass is 241 g/mol. The first kappa shape index (κ1) is 12.4. The van der Waals surface area contributed by atoms with Crippen molar-refractivity contribution in [3.63, 3.8) is 0 Å². The lowest BCUT2D eigenvalue weighted by Crippen LogP contribution is -2.41. The summed E-state index contributed by atoms with van der Waals surface area (Å²) in [5.74, 6) is -0.711. The molecule has 0 unspecified atom stereocenters. The molecule has 1 saturated carbocycles. The van der Waals surface area contributed by atoms with Crippen LogP contribution in [0, 0.1) is 5.92 Å². The van der Waals surface area contributed by atoms with Crippen LogP contribution in [0.25, 0.3) is 0 Å². The number of hydrogen-bond acceptors (Lipinski definition) is 3. The molecule has 0 spiro atoms. The minimum atomic E-state index is -1.01. The lowest BCUT2D eigenvalue weighted by molar-refractivity contribution is -0.148. The number of aliphatic carboxylic acids is 1. The van der Waals surface area contributed by atoms with Gasteiger partial charge in [-0.1, -0.05) is 12.8 Å². The van der Waals surface area contributed by atoms with Crippen molar-refractivity contribution in [3.8, 4) is 0 Å². The molecule has 0 radical (unpaired) electrons. The first-order valence-corrected chi connectivity index (χ1v) is 6.28. The Morgan fingerprint density at radius 2 is 1.88 bits per heavy atom. The standard InChI is InChI=1S/C12H19NO4/c14-9-6-10(12(16)17)13(7-9)11(15)5-8-3-1-2-4-8/h8-10,14H,1-7H2,(H,16,17)/t9-,10-/m1/s1. The van der Waals surface area contributed by atoms with Gasteiger partial charge >= 0.3 is 5.97 Å². The van der Waals surface area contributed by atoms with Crippen LogP contribution in [0.2, 0.25) is 0 Å². The Balaban J connectivity index is 1.94. The topological polar surface area (TPSA) is 77.8 Å². The molecule has 0 aromatic carbocycles. The molecule has 2 atom stereocenters. The molecule has 1 saturated heterocycles. The SMILES string of the molecule is O=C(O)[C@H]1C[C@@H](O)CN1C(=O)CC1CCCC1. The number of likely N-dealkylation sites (tertiary alicyclic amines) is 1. The van der Waals surface area contributed by atoms with Gasteiger partial charge in [0.2, 0.25) is 5.91 Å². The van der Waals surface area contributed by atoms with Crippen LogP contribution in [0.5, 0.6) is 0 Å². The number of amides is 1. The smallest absolute Gasteiger partial charge is 0.326 e. The van der Waals surface area contributed by atoms with Gasteiger partial charge in [0.25, 0.3) is 0 Å². The summed E-state index contributed by atoms with van der Waals surface area (Å²) < 4.78 is 0. The van der Waals surface area contributed by atoms with E-state index < -0.39 is 18.1 Å². The van der Waals surface area contributed by atoms with E-state index in [0.29, 0.717) is 12.3 Å². The summed E-state index contributed by atoms with van der Waals surface area (Å²) in [4.78, 5) is 24.3. The van der Waals surface area contributed by atoms with Crippen molar-refractivity contribution < 1.29 is 19.8 Å². The van der Waals surface area contributed by atoms with Gasteiger partial charge in [-0.3, -0.25) is 4.79 Å². The van der Waals surface area contributed by atoms with Crippen LogP contribution in [0.1, 0.15) is 38.5 Å². The maximum atomic E-state index is 12.0. The fraction of sp³-hybridized carbons (Fsp3) is 0.833. The maximum absolute atomic E-state index is 12.0. The summed E-state index contributed by atoms with van der Waals surface area (Å²) >= 11 is 0. The molecule has 96 valence electrons. The molecule has 2 fully saturated rings. The third-order valence-electron chi connectivity index (χ3n) is 3.82. The number of nitrogens with zero attached hydrogens (tertiary/aromatic N) is 1. The number of β-amino-alcohol motifs (C(OH)–C–C–N with tert-alkyl or cyclic N) is 1. The highest BCUT2D eigenvalue weighted by Crippen LogP contribution is 2.29. The van der Waals surface area contributed by atoms with Crippen molar-refractivity contribution in [1.29, 1.82) is 0 Å². The minimum Gasteiger partial charge on any atom is -0.480 e. The summed E-state index contributed by atoms with van der Waals surface area (Å²) in [7, 11) is 0. The normalized spacial score (nSPS) is 29.8. The van der Waals surface area contributed by atoms with Crippen LogP contribution in [0.3, 0.4) is 0 Å². The molecule has 17 heavy (non-hydrogen) atoms. The molecular weight excluding hydrogens is 222 g/mol. The summed E-state index contributed by atoms with van der Waals surface area (Å²) in [6.45, 7) is 0.169. The third-order valence-corrected chi connectivity index (χ3v) is 3.82. The Morgan fingerprint density at radius 3 is 2.47 bits per heavy atom. The molecule has 2 rings (SSSR count). The van der Waals surface area contributed by atoms with Crippen LogP contribution in [-0.2, 0) is 9.59 Å². The first-order chi connectivity index (χ1) is 8.08. The van der Waals surface area contributed by atoms with Crippen molar-refractivity contribution in [2.24, 2.45) is 5.92 Å². The number of hydrogen-bond donors (Lipinski definition) is 2. The van der Waals surface area contributed by atoms with Crippen LogP contribution in [0.15, 0.2) is 0 Å². The zero-order chi connectivity index (χ0) is 12.4. The summed E-state index contributed by atoms with van der Waals surface area (Å²) in [6.07, 6.45) is 4.39. The molecule has 5 heteroatoms. The number of carbonyl (C=O) groups is 2. The summed E-state index contributed by atoms with van der Waals surface area (Å²) in [5, 5.41) is 18.5. The van der Waals surface area contributed by atoms with Gasteiger partial charge in [-0.15, -0.1) is 0 Å². The van der Waals surface area contributed by atoms with Gasteiger partial charge in [-0.2, -0.15) is 0 Å².